The summed E-state index contributed by atoms with van der Waals surface area (Å²) in [6.45, 7) is 1.44. The molecule has 0 saturated carbocycles. The van der Waals surface area contributed by atoms with Gasteiger partial charge < -0.3 is 4.90 Å². The Balaban J connectivity index is 1.22. The molecule has 2 aliphatic heterocycles. The summed E-state index contributed by atoms with van der Waals surface area (Å²) in [7, 11) is -4.21. The van der Waals surface area contributed by atoms with Crippen LogP contribution in [0.4, 0.5) is 10.1 Å². The van der Waals surface area contributed by atoms with Gasteiger partial charge >= 0.3 is 0 Å². The van der Waals surface area contributed by atoms with E-state index >= 15 is 0 Å². The van der Waals surface area contributed by atoms with Crippen molar-refractivity contribution >= 4 is 61.9 Å². The SMILES string of the molecule is O=C(CN1C(=O)C(=Cc2ccc(N3CCC4CCCC=C4C3)cc2)SC1=S)NS(=O)(=O)c1ccc(F)cc1. The van der Waals surface area contributed by atoms with Crippen LogP contribution in [0.2, 0.25) is 0 Å². The number of thioether (sulfide) groups is 1. The molecule has 7 nitrogen and oxygen atoms in total. The number of halogens is 1. The first-order valence-electron chi connectivity index (χ1n) is 12.3. The van der Waals surface area contributed by atoms with E-state index in [2.05, 4.69) is 11.0 Å². The third-order valence-electron chi connectivity index (χ3n) is 6.91. The number of fused-ring (bicyclic) bond motifs is 1. The molecule has 2 amide bonds. The van der Waals surface area contributed by atoms with Gasteiger partial charge in [0.1, 0.15) is 16.7 Å². The van der Waals surface area contributed by atoms with Gasteiger partial charge in [0.2, 0.25) is 0 Å². The van der Waals surface area contributed by atoms with E-state index in [0.717, 1.165) is 71.2 Å². The molecular weight excluding hydrogens is 546 g/mol. The van der Waals surface area contributed by atoms with E-state index in [0.29, 0.717) is 4.91 Å². The quantitative estimate of drug-likeness (QED) is 0.311. The average Bonchev–Trinajstić information content (AvgIpc) is 3.16. The maximum Gasteiger partial charge on any atom is 0.266 e. The van der Waals surface area contributed by atoms with Gasteiger partial charge in [0.05, 0.1) is 9.80 Å². The van der Waals surface area contributed by atoms with Crippen molar-refractivity contribution in [2.24, 2.45) is 5.92 Å². The molecule has 2 saturated heterocycles. The summed E-state index contributed by atoms with van der Waals surface area (Å²) in [5.74, 6) is -1.26. The predicted octanol–water partition coefficient (Wildman–Crippen LogP) is 4.47. The maximum absolute atomic E-state index is 13.1. The zero-order valence-corrected chi connectivity index (χ0v) is 22.9. The average molecular weight is 572 g/mol. The molecular formula is C27H26FN3O4S3. The first-order chi connectivity index (χ1) is 18.2. The maximum atomic E-state index is 13.1. The van der Waals surface area contributed by atoms with Gasteiger partial charge in [0.15, 0.2) is 0 Å². The minimum Gasteiger partial charge on any atom is -0.368 e. The number of carbonyl (C=O) groups is 2. The number of carbonyl (C=O) groups excluding carboxylic acids is 2. The number of allylic oxidation sites excluding steroid dienone is 1. The van der Waals surface area contributed by atoms with Crippen molar-refractivity contribution in [3.8, 4) is 0 Å². The van der Waals surface area contributed by atoms with Crippen molar-refractivity contribution in [3.05, 3.63) is 76.5 Å². The molecule has 11 heteroatoms. The number of nitrogens with one attached hydrogen (secondary N) is 1. The van der Waals surface area contributed by atoms with Crippen LogP contribution in [0.5, 0.6) is 0 Å². The van der Waals surface area contributed by atoms with Crippen LogP contribution in [-0.4, -0.2) is 49.1 Å². The number of hydrogen-bond acceptors (Lipinski definition) is 7. The molecule has 3 aliphatic rings. The molecule has 1 N–H and O–H groups in total. The number of nitrogens with zero attached hydrogens (tertiary/aromatic N) is 2. The second kappa shape index (κ2) is 11.0. The highest BCUT2D eigenvalue weighted by Gasteiger charge is 2.34. The normalized spacial score (nSPS) is 20.9. The van der Waals surface area contributed by atoms with Crippen molar-refractivity contribution < 1.29 is 22.4 Å². The Morgan fingerprint density at radius 1 is 1.13 bits per heavy atom. The number of thiocarbonyl (C=S) groups is 1. The Labute approximate surface area is 230 Å². The minimum atomic E-state index is -4.21. The van der Waals surface area contributed by atoms with Crippen LogP contribution in [-0.2, 0) is 19.6 Å². The zero-order chi connectivity index (χ0) is 26.9. The van der Waals surface area contributed by atoms with E-state index in [1.54, 1.807) is 11.6 Å². The Kier molecular flexibility index (Phi) is 7.69. The molecule has 2 aromatic carbocycles. The van der Waals surface area contributed by atoms with Gasteiger partial charge in [-0.25, -0.2) is 17.5 Å². The summed E-state index contributed by atoms with van der Waals surface area (Å²) in [6.07, 6.45) is 9.04. The number of sulfonamides is 1. The van der Waals surface area contributed by atoms with Crippen LogP contribution in [0, 0.1) is 11.7 Å². The molecule has 1 atom stereocenters. The van der Waals surface area contributed by atoms with Gasteiger partial charge in [-0.15, -0.1) is 0 Å². The van der Waals surface area contributed by atoms with Crippen LogP contribution >= 0.6 is 24.0 Å². The number of hydrogen-bond donors (Lipinski definition) is 1. The molecule has 1 unspecified atom stereocenters. The summed E-state index contributed by atoms with van der Waals surface area (Å²) < 4.78 is 39.9. The number of benzene rings is 2. The highest BCUT2D eigenvalue weighted by Crippen LogP contribution is 2.35. The molecule has 0 aromatic heterocycles. The molecule has 0 bridgehead atoms. The van der Waals surface area contributed by atoms with Crippen molar-refractivity contribution in [1.82, 2.24) is 9.62 Å². The Morgan fingerprint density at radius 3 is 2.61 bits per heavy atom. The fourth-order valence-electron chi connectivity index (χ4n) is 4.93. The molecule has 2 aromatic rings. The van der Waals surface area contributed by atoms with Crippen LogP contribution in [0.3, 0.4) is 0 Å². The van der Waals surface area contributed by atoms with Gasteiger partial charge in [0.25, 0.3) is 21.8 Å². The summed E-state index contributed by atoms with van der Waals surface area (Å²) >= 11 is 6.33. The Morgan fingerprint density at radius 2 is 1.87 bits per heavy atom. The molecule has 1 aliphatic carbocycles. The smallest absolute Gasteiger partial charge is 0.266 e. The summed E-state index contributed by atoms with van der Waals surface area (Å²) in [4.78, 5) is 28.9. The topological polar surface area (TPSA) is 86.8 Å². The first kappa shape index (κ1) is 26.6. The number of piperidine rings is 1. The fourth-order valence-corrected chi connectivity index (χ4v) is 7.16. The van der Waals surface area contributed by atoms with Gasteiger partial charge in [-0.3, -0.25) is 14.5 Å². The summed E-state index contributed by atoms with van der Waals surface area (Å²) in [5, 5.41) is 0. The third kappa shape index (κ3) is 5.84. The lowest BCUT2D eigenvalue weighted by molar-refractivity contribution is -0.127. The minimum absolute atomic E-state index is 0.163. The highest BCUT2D eigenvalue weighted by atomic mass is 32.2. The summed E-state index contributed by atoms with van der Waals surface area (Å²) in [5.41, 5.74) is 3.51. The van der Waals surface area contributed by atoms with E-state index in [9.17, 15) is 22.4 Å². The predicted molar refractivity (Wildman–Crippen MR) is 150 cm³/mol. The second-order valence-corrected chi connectivity index (χ2v) is 12.8. The lowest BCUT2D eigenvalue weighted by Gasteiger charge is -2.37. The van der Waals surface area contributed by atoms with Gasteiger partial charge in [-0.1, -0.05) is 47.8 Å². The number of rotatable bonds is 6. The fraction of sp³-hybridized carbons (Fsp3) is 0.296. The van der Waals surface area contributed by atoms with Crippen LogP contribution < -0.4 is 9.62 Å². The van der Waals surface area contributed by atoms with Crippen LogP contribution in [0.1, 0.15) is 31.2 Å². The molecule has 198 valence electrons. The monoisotopic (exact) mass is 571 g/mol. The van der Waals surface area contributed by atoms with E-state index in [1.807, 2.05) is 29.0 Å². The third-order valence-corrected chi connectivity index (χ3v) is 9.68. The molecule has 5 rings (SSSR count). The van der Waals surface area contributed by atoms with Crippen molar-refractivity contribution in [1.29, 1.82) is 0 Å². The second-order valence-electron chi connectivity index (χ2n) is 9.46. The van der Waals surface area contributed by atoms with Crippen molar-refractivity contribution in [3.63, 3.8) is 0 Å². The zero-order valence-electron chi connectivity index (χ0n) is 20.4. The largest absolute Gasteiger partial charge is 0.368 e. The van der Waals surface area contributed by atoms with Crippen molar-refractivity contribution in [2.45, 2.75) is 30.6 Å². The molecule has 0 spiro atoms. The lowest BCUT2D eigenvalue weighted by atomic mass is 9.82. The Hall–Kier alpha value is -3.02. The highest BCUT2D eigenvalue weighted by molar-refractivity contribution is 8.26. The molecule has 38 heavy (non-hydrogen) atoms. The van der Waals surface area contributed by atoms with Crippen molar-refractivity contribution in [2.75, 3.05) is 24.5 Å². The van der Waals surface area contributed by atoms with Gasteiger partial charge in [-0.2, -0.15) is 0 Å². The van der Waals surface area contributed by atoms with E-state index < -0.39 is 34.2 Å². The Bertz CT molecular complexity index is 1440. The molecule has 0 radical (unpaired) electrons. The van der Waals surface area contributed by atoms with Crippen LogP contribution in [0.25, 0.3) is 6.08 Å². The van der Waals surface area contributed by atoms with E-state index in [1.165, 1.54) is 25.7 Å². The lowest BCUT2D eigenvalue weighted by Crippen LogP contribution is -2.41. The van der Waals surface area contributed by atoms with E-state index in [4.69, 9.17) is 12.2 Å². The molecule has 2 fully saturated rings. The number of amides is 2. The van der Waals surface area contributed by atoms with Gasteiger partial charge in [0, 0.05) is 18.8 Å². The molecule has 2 heterocycles. The number of anilines is 1. The van der Waals surface area contributed by atoms with Crippen LogP contribution in [0.15, 0.2) is 70.0 Å². The standard InChI is InChI=1S/C27H26FN3O4S3/c28-21-7-11-23(12-8-21)38(34,35)29-25(32)17-31-26(33)24(37-27(31)36)15-18-5-9-22(10-6-18)30-14-13-19-3-1-2-4-20(19)16-30/h4-12,15,19H,1-3,13-14,16-17H2,(H,29,32). The first-order valence-corrected chi connectivity index (χ1v) is 15.0. The van der Waals surface area contributed by atoms with E-state index in [-0.39, 0.29) is 9.22 Å². The van der Waals surface area contributed by atoms with Gasteiger partial charge in [-0.05, 0) is 79.6 Å². The summed E-state index contributed by atoms with van der Waals surface area (Å²) in [6, 6.07) is 12.1.